The van der Waals surface area contributed by atoms with Gasteiger partial charge in [0, 0.05) is 6.42 Å². The second kappa shape index (κ2) is 6.20. The van der Waals surface area contributed by atoms with Crippen LogP contribution >= 0.6 is 0 Å². The fourth-order valence-corrected chi connectivity index (χ4v) is 2.63. The Morgan fingerprint density at radius 3 is 2.52 bits per heavy atom. The third-order valence-corrected chi connectivity index (χ3v) is 3.97. The first-order valence-corrected chi connectivity index (χ1v) is 7.45. The van der Waals surface area contributed by atoms with Crippen LogP contribution < -0.4 is 5.32 Å². The molecule has 0 radical (unpaired) electrons. The van der Waals surface area contributed by atoms with Crippen LogP contribution in [0.4, 0.5) is 9.18 Å². The van der Waals surface area contributed by atoms with Gasteiger partial charge >= 0.3 is 6.03 Å². The van der Waals surface area contributed by atoms with E-state index in [0.717, 1.165) is 10.5 Å². The molecular weight excluding hydrogens is 295 g/mol. The molecule has 4 nitrogen and oxygen atoms in total. The van der Waals surface area contributed by atoms with E-state index < -0.39 is 12.1 Å². The summed E-state index contributed by atoms with van der Waals surface area (Å²) < 4.78 is 13.6. The molecule has 1 N–H and O–H groups in total. The van der Waals surface area contributed by atoms with Gasteiger partial charge in [-0.2, -0.15) is 0 Å². The van der Waals surface area contributed by atoms with Crippen LogP contribution in [0.1, 0.15) is 16.7 Å². The fraction of sp³-hybridized carbons (Fsp3) is 0.222. The zero-order valence-corrected chi connectivity index (χ0v) is 12.8. The molecule has 0 spiro atoms. The maximum absolute atomic E-state index is 13.6. The van der Waals surface area contributed by atoms with E-state index in [0.29, 0.717) is 17.5 Å². The van der Waals surface area contributed by atoms with Gasteiger partial charge in [0.05, 0.1) is 6.54 Å². The summed E-state index contributed by atoms with van der Waals surface area (Å²) >= 11 is 0. The normalized spacial score (nSPS) is 17.5. The molecule has 5 heteroatoms. The van der Waals surface area contributed by atoms with Gasteiger partial charge in [-0.15, -0.1) is 0 Å². The first-order chi connectivity index (χ1) is 11.0. The van der Waals surface area contributed by atoms with Gasteiger partial charge in [-0.25, -0.2) is 9.18 Å². The summed E-state index contributed by atoms with van der Waals surface area (Å²) in [5.41, 5.74) is 2.11. The Morgan fingerprint density at radius 1 is 1.09 bits per heavy atom. The van der Waals surface area contributed by atoms with Crippen molar-refractivity contribution in [2.45, 2.75) is 25.9 Å². The lowest BCUT2D eigenvalue weighted by Gasteiger charge is -2.13. The number of nitrogens with zero attached hydrogens (tertiary/aromatic N) is 1. The van der Waals surface area contributed by atoms with Crippen molar-refractivity contribution in [2.24, 2.45) is 0 Å². The van der Waals surface area contributed by atoms with Gasteiger partial charge in [0.2, 0.25) is 0 Å². The lowest BCUT2D eigenvalue weighted by Crippen LogP contribution is -2.32. The van der Waals surface area contributed by atoms with Crippen molar-refractivity contribution in [1.82, 2.24) is 10.2 Å². The smallest absolute Gasteiger partial charge is 0.325 e. The average molecular weight is 312 g/mol. The monoisotopic (exact) mass is 312 g/mol. The zero-order valence-electron chi connectivity index (χ0n) is 12.8. The molecule has 118 valence electrons. The molecule has 2 aromatic carbocycles. The average Bonchev–Trinajstić information content (AvgIpc) is 2.79. The number of amides is 3. The summed E-state index contributed by atoms with van der Waals surface area (Å²) in [6, 6.07) is 13.2. The van der Waals surface area contributed by atoms with Crippen LogP contribution in [-0.4, -0.2) is 22.9 Å². The third kappa shape index (κ3) is 3.23. The van der Waals surface area contributed by atoms with E-state index in [2.05, 4.69) is 5.32 Å². The summed E-state index contributed by atoms with van der Waals surface area (Å²) in [4.78, 5) is 25.6. The SMILES string of the molecule is Cc1ccc(CN2C(=O)N[C@@H](Cc3ccccc3)C2=O)cc1F. The number of aryl methyl sites for hydroxylation is 1. The van der Waals surface area contributed by atoms with Crippen molar-refractivity contribution in [1.29, 1.82) is 0 Å². The van der Waals surface area contributed by atoms with Crippen molar-refractivity contribution >= 4 is 11.9 Å². The zero-order chi connectivity index (χ0) is 16.4. The number of imide groups is 1. The minimum atomic E-state index is -0.569. The van der Waals surface area contributed by atoms with Gasteiger partial charge in [0.15, 0.2) is 0 Å². The molecule has 0 aromatic heterocycles. The second-order valence-corrected chi connectivity index (χ2v) is 5.70. The first kappa shape index (κ1) is 15.2. The summed E-state index contributed by atoms with van der Waals surface area (Å²) in [6.45, 7) is 1.75. The molecule has 1 aliphatic heterocycles. The van der Waals surface area contributed by atoms with Gasteiger partial charge in [-0.3, -0.25) is 9.69 Å². The largest absolute Gasteiger partial charge is 0.325 e. The van der Waals surface area contributed by atoms with Gasteiger partial charge in [-0.1, -0.05) is 42.5 Å². The van der Waals surface area contributed by atoms with Crippen molar-refractivity contribution in [2.75, 3.05) is 0 Å². The molecule has 1 heterocycles. The number of hydrogen-bond acceptors (Lipinski definition) is 2. The molecule has 2 aromatic rings. The highest BCUT2D eigenvalue weighted by Gasteiger charge is 2.37. The summed E-state index contributed by atoms with van der Waals surface area (Å²) in [5, 5.41) is 2.69. The molecule has 1 saturated heterocycles. The van der Waals surface area contributed by atoms with Crippen molar-refractivity contribution < 1.29 is 14.0 Å². The Bertz CT molecular complexity index is 746. The standard InChI is InChI=1S/C18H17FN2O2/c1-12-7-8-14(9-15(12)19)11-21-17(22)16(20-18(21)23)10-13-5-3-2-4-6-13/h2-9,16H,10-11H2,1H3,(H,20,23)/t16-/m0/s1. The second-order valence-electron chi connectivity index (χ2n) is 5.70. The van der Waals surface area contributed by atoms with Gasteiger partial charge in [0.1, 0.15) is 11.9 Å². The number of carbonyl (C=O) groups is 2. The predicted octanol–water partition coefficient (Wildman–Crippen LogP) is 2.80. The minimum Gasteiger partial charge on any atom is -0.325 e. The Labute approximate surface area is 133 Å². The Morgan fingerprint density at radius 2 is 1.83 bits per heavy atom. The topological polar surface area (TPSA) is 49.4 Å². The first-order valence-electron chi connectivity index (χ1n) is 7.45. The van der Waals surface area contributed by atoms with Crippen LogP contribution in [0.2, 0.25) is 0 Å². The summed E-state index contributed by atoms with van der Waals surface area (Å²) in [5.74, 6) is -0.616. The van der Waals surface area contributed by atoms with E-state index in [9.17, 15) is 14.0 Å². The maximum Gasteiger partial charge on any atom is 0.325 e. The number of hydrogen-bond donors (Lipinski definition) is 1. The number of rotatable bonds is 4. The highest BCUT2D eigenvalue weighted by atomic mass is 19.1. The van der Waals surface area contributed by atoms with Gasteiger partial charge in [0.25, 0.3) is 5.91 Å². The van der Waals surface area contributed by atoms with Crippen LogP contribution in [0.3, 0.4) is 0 Å². The highest BCUT2D eigenvalue weighted by Crippen LogP contribution is 2.17. The van der Waals surface area contributed by atoms with Crippen LogP contribution in [0.5, 0.6) is 0 Å². The lowest BCUT2D eigenvalue weighted by molar-refractivity contribution is -0.127. The van der Waals surface area contributed by atoms with Crippen molar-refractivity contribution in [3.05, 3.63) is 71.0 Å². The van der Waals surface area contributed by atoms with E-state index >= 15 is 0 Å². The fourth-order valence-electron chi connectivity index (χ4n) is 2.63. The van der Waals surface area contributed by atoms with E-state index in [1.165, 1.54) is 6.07 Å². The van der Waals surface area contributed by atoms with E-state index in [-0.39, 0.29) is 18.3 Å². The van der Waals surface area contributed by atoms with Crippen LogP contribution in [0.15, 0.2) is 48.5 Å². The lowest BCUT2D eigenvalue weighted by atomic mass is 10.1. The molecule has 0 unspecified atom stereocenters. The molecular formula is C18H17FN2O2. The molecule has 0 bridgehead atoms. The Balaban J connectivity index is 1.72. The molecule has 1 atom stereocenters. The Hall–Kier alpha value is -2.69. The Kier molecular flexibility index (Phi) is 4.10. The molecule has 1 aliphatic rings. The maximum atomic E-state index is 13.6. The van der Waals surface area contributed by atoms with E-state index in [4.69, 9.17) is 0 Å². The third-order valence-electron chi connectivity index (χ3n) is 3.97. The molecule has 23 heavy (non-hydrogen) atoms. The van der Waals surface area contributed by atoms with Gasteiger partial charge in [-0.05, 0) is 29.7 Å². The molecule has 0 saturated carbocycles. The summed E-state index contributed by atoms with van der Waals surface area (Å²) in [7, 11) is 0. The van der Waals surface area contributed by atoms with Crippen LogP contribution in [0, 0.1) is 12.7 Å². The van der Waals surface area contributed by atoms with Crippen LogP contribution in [-0.2, 0) is 17.8 Å². The predicted molar refractivity (Wildman–Crippen MR) is 84.2 cm³/mol. The minimum absolute atomic E-state index is 0.0765. The quantitative estimate of drug-likeness (QED) is 0.883. The van der Waals surface area contributed by atoms with E-state index in [1.54, 1.807) is 19.1 Å². The molecule has 1 fully saturated rings. The number of nitrogens with one attached hydrogen (secondary N) is 1. The number of carbonyl (C=O) groups excluding carboxylic acids is 2. The van der Waals surface area contributed by atoms with Gasteiger partial charge < -0.3 is 5.32 Å². The van der Waals surface area contributed by atoms with Crippen molar-refractivity contribution in [3.63, 3.8) is 0 Å². The molecule has 3 rings (SSSR count). The highest BCUT2D eigenvalue weighted by molar-refractivity contribution is 6.04. The van der Waals surface area contributed by atoms with Crippen molar-refractivity contribution in [3.8, 4) is 0 Å². The summed E-state index contributed by atoms with van der Waals surface area (Å²) in [6.07, 6.45) is 0.449. The number of urea groups is 1. The number of halogens is 1. The van der Waals surface area contributed by atoms with Crippen LogP contribution in [0.25, 0.3) is 0 Å². The number of benzene rings is 2. The van der Waals surface area contributed by atoms with E-state index in [1.807, 2.05) is 30.3 Å². The molecule has 0 aliphatic carbocycles. The molecule has 3 amide bonds.